The van der Waals surface area contributed by atoms with Gasteiger partial charge in [-0.25, -0.2) is 4.98 Å². The van der Waals surface area contributed by atoms with Gasteiger partial charge in [0, 0.05) is 24.5 Å². The van der Waals surface area contributed by atoms with Crippen LogP contribution in [0.3, 0.4) is 0 Å². The number of carbonyl (C=O) groups excluding carboxylic acids is 1. The molecule has 1 aliphatic rings. The smallest absolute Gasteiger partial charge is 0.223 e. The fourth-order valence-corrected chi connectivity index (χ4v) is 3.47. The van der Waals surface area contributed by atoms with Crippen molar-refractivity contribution in [3.05, 3.63) is 34.5 Å². The zero-order valence-electron chi connectivity index (χ0n) is 12.2. The number of amides is 1. The molecule has 3 heterocycles. The molecule has 1 atom stereocenters. The van der Waals surface area contributed by atoms with Crippen molar-refractivity contribution in [1.82, 2.24) is 19.7 Å². The highest BCUT2D eigenvalue weighted by atomic mass is 32.1. The van der Waals surface area contributed by atoms with Crippen molar-refractivity contribution in [1.29, 1.82) is 0 Å². The molecule has 1 fully saturated rings. The lowest BCUT2D eigenvalue weighted by atomic mass is 10.2. The molecule has 3 rings (SSSR count). The van der Waals surface area contributed by atoms with E-state index >= 15 is 0 Å². The van der Waals surface area contributed by atoms with E-state index in [0.717, 1.165) is 43.6 Å². The third-order valence-corrected chi connectivity index (χ3v) is 4.57. The Morgan fingerprint density at radius 3 is 3.14 bits per heavy atom. The number of aromatic nitrogens is 3. The van der Waals surface area contributed by atoms with Crippen LogP contribution in [0.15, 0.2) is 23.3 Å². The first-order valence-electron chi connectivity index (χ1n) is 7.38. The van der Waals surface area contributed by atoms with Gasteiger partial charge in [0.05, 0.1) is 30.0 Å². The van der Waals surface area contributed by atoms with Gasteiger partial charge in [-0.05, 0) is 31.7 Å². The molecule has 0 radical (unpaired) electrons. The Bertz CT molecular complexity index is 593. The van der Waals surface area contributed by atoms with Gasteiger partial charge in [-0.1, -0.05) is 0 Å². The van der Waals surface area contributed by atoms with E-state index in [4.69, 9.17) is 0 Å². The van der Waals surface area contributed by atoms with Crippen molar-refractivity contribution in [2.75, 3.05) is 6.54 Å². The third kappa shape index (κ3) is 3.50. The minimum Gasteiger partial charge on any atom is -0.338 e. The van der Waals surface area contributed by atoms with Gasteiger partial charge in [0.1, 0.15) is 0 Å². The molecular weight excluding hydrogens is 284 g/mol. The van der Waals surface area contributed by atoms with Crippen LogP contribution in [0.1, 0.15) is 30.5 Å². The van der Waals surface area contributed by atoms with E-state index in [1.54, 1.807) is 11.3 Å². The van der Waals surface area contributed by atoms with Crippen molar-refractivity contribution >= 4 is 17.2 Å². The van der Waals surface area contributed by atoms with Crippen molar-refractivity contribution in [3.8, 4) is 0 Å². The van der Waals surface area contributed by atoms with Crippen molar-refractivity contribution in [2.45, 2.75) is 45.2 Å². The van der Waals surface area contributed by atoms with Crippen molar-refractivity contribution in [3.63, 3.8) is 0 Å². The highest BCUT2D eigenvalue weighted by molar-refractivity contribution is 7.07. The van der Waals surface area contributed by atoms with Gasteiger partial charge in [-0.15, -0.1) is 11.3 Å². The Labute approximate surface area is 128 Å². The maximum Gasteiger partial charge on any atom is 0.223 e. The lowest BCUT2D eigenvalue weighted by molar-refractivity contribution is -0.132. The molecule has 0 spiro atoms. The van der Waals surface area contributed by atoms with Crippen molar-refractivity contribution in [2.24, 2.45) is 0 Å². The van der Waals surface area contributed by atoms with Crippen LogP contribution in [0, 0.1) is 6.92 Å². The maximum atomic E-state index is 12.4. The van der Waals surface area contributed by atoms with Gasteiger partial charge in [-0.2, -0.15) is 5.10 Å². The Balaban J connectivity index is 1.56. The number of carbonyl (C=O) groups is 1. The number of hydrogen-bond donors (Lipinski definition) is 0. The van der Waals surface area contributed by atoms with Crippen LogP contribution in [-0.4, -0.2) is 38.2 Å². The molecule has 0 unspecified atom stereocenters. The Kier molecular flexibility index (Phi) is 4.34. The van der Waals surface area contributed by atoms with E-state index < -0.39 is 0 Å². The van der Waals surface area contributed by atoms with Gasteiger partial charge < -0.3 is 4.90 Å². The highest BCUT2D eigenvalue weighted by Crippen LogP contribution is 2.20. The van der Waals surface area contributed by atoms with Crippen LogP contribution >= 0.6 is 11.3 Å². The fraction of sp³-hybridized carbons (Fsp3) is 0.533. The van der Waals surface area contributed by atoms with Crippen molar-refractivity contribution < 1.29 is 4.79 Å². The molecule has 2 aromatic heterocycles. The molecule has 5 nitrogen and oxygen atoms in total. The summed E-state index contributed by atoms with van der Waals surface area (Å²) in [4.78, 5) is 18.7. The SMILES string of the molecule is Cc1cnn(C[C@H]2CCCN2C(=O)CCc2cscn2)c1. The third-order valence-electron chi connectivity index (χ3n) is 3.94. The number of thiazole rings is 1. The molecular formula is C15H20N4OS. The van der Waals surface area contributed by atoms with Crippen LogP contribution in [0.5, 0.6) is 0 Å². The van der Waals surface area contributed by atoms with Crippen LogP contribution < -0.4 is 0 Å². The van der Waals surface area contributed by atoms with E-state index in [1.807, 2.05) is 39.8 Å². The summed E-state index contributed by atoms with van der Waals surface area (Å²) in [5.74, 6) is 0.245. The van der Waals surface area contributed by atoms with Gasteiger partial charge in [0.15, 0.2) is 0 Å². The van der Waals surface area contributed by atoms with E-state index in [9.17, 15) is 4.79 Å². The van der Waals surface area contributed by atoms with Gasteiger partial charge in [0.2, 0.25) is 5.91 Å². The first-order chi connectivity index (χ1) is 10.2. The first-order valence-corrected chi connectivity index (χ1v) is 8.32. The topological polar surface area (TPSA) is 51.0 Å². The summed E-state index contributed by atoms with van der Waals surface area (Å²) in [6, 6.07) is 0.284. The van der Waals surface area contributed by atoms with E-state index in [0.29, 0.717) is 6.42 Å². The molecule has 0 aromatic carbocycles. The molecule has 1 amide bonds. The summed E-state index contributed by atoms with van der Waals surface area (Å²) < 4.78 is 1.95. The highest BCUT2D eigenvalue weighted by Gasteiger charge is 2.28. The summed E-state index contributed by atoms with van der Waals surface area (Å²) >= 11 is 1.58. The molecule has 1 saturated heterocycles. The Morgan fingerprint density at radius 1 is 1.52 bits per heavy atom. The number of hydrogen-bond acceptors (Lipinski definition) is 4. The van der Waals surface area contributed by atoms with Crippen LogP contribution in [0.25, 0.3) is 0 Å². The standard InChI is InChI=1S/C15H20N4OS/c1-12-7-17-18(8-12)9-14-3-2-6-19(14)15(20)5-4-13-10-21-11-16-13/h7-8,10-11,14H,2-6,9H2,1H3/t14-/m1/s1. The van der Waals surface area contributed by atoms with E-state index in [-0.39, 0.29) is 11.9 Å². The number of nitrogens with zero attached hydrogens (tertiary/aromatic N) is 4. The quantitative estimate of drug-likeness (QED) is 0.851. The van der Waals surface area contributed by atoms with Crippen LogP contribution in [0.2, 0.25) is 0 Å². The summed E-state index contributed by atoms with van der Waals surface area (Å²) in [5.41, 5.74) is 4.00. The predicted octanol–water partition coefficient (Wildman–Crippen LogP) is 2.27. The molecule has 0 N–H and O–H groups in total. The minimum atomic E-state index is 0.245. The molecule has 0 saturated carbocycles. The molecule has 21 heavy (non-hydrogen) atoms. The summed E-state index contributed by atoms with van der Waals surface area (Å²) in [5, 5.41) is 6.34. The maximum absolute atomic E-state index is 12.4. The Hall–Kier alpha value is -1.69. The molecule has 2 aromatic rings. The first kappa shape index (κ1) is 14.3. The van der Waals surface area contributed by atoms with Crippen LogP contribution in [-0.2, 0) is 17.8 Å². The average Bonchev–Trinajstić information content (AvgIpc) is 3.19. The Morgan fingerprint density at radius 2 is 2.43 bits per heavy atom. The van der Waals surface area contributed by atoms with E-state index in [2.05, 4.69) is 10.1 Å². The molecule has 112 valence electrons. The normalized spacial score (nSPS) is 18.3. The zero-order chi connectivity index (χ0) is 14.7. The summed E-state index contributed by atoms with van der Waals surface area (Å²) in [6.45, 7) is 3.71. The second kappa shape index (κ2) is 6.39. The second-order valence-corrected chi connectivity index (χ2v) is 6.32. The lowest BCUT2D eigenvalue weighted by Gasteiger charge is -2.24. The number of rotatable bonds is 5. The molecule has 1 aliphatic heterocycles. The average molecular weight is 304 g/mol. The van der Waals surface area contributed by atoms with Crippen LogP contribution in [0.4, 0.5) is 0 Å². The molecule has 0 aliphatic carbocycles. The fourth-order valence-electron chi connectivity index (χ4n) is 2.88. The summed E-state index contributed by atoms with van der Waals surface area (Å²) in [7, 11) is 0. The van der Waals surface area contributed by atoms with Gasteiger partial charge >= 0.3 is 0 Å². The van der Waals surface area contributed by atoms with E-state index in [1.165, 1.54) is 0 Å². The second-order valence-electron chi connectivity index (χ2n) is 5.60. The molecule has 6 heteroatoms. The summed E-state index contributed by atoms with van der Waals surface area (Å²) in [6.07, 6.45) is 7.36. The largest absolute Gasteiger partial charge is 0.338 e. The lowest BCUT2D eigenvalue weighted by Crippen LogP contribution is -2.38. The number of aryl methyl sites for hydroxylation is 2. The van der Waals surface area contributed by atoms with Gasteiger partial charge in [0.25, 0.3) is 0 Å². The predicted molar refractivity (Wildman–Crippen MR) is 82.1 cm³/mol. The zero-order valence-corrected chi connectivity index (χ0v) is 13.1. The minimum absolute atomic E-state index is 0.245. The van der Waals surface area contributed by atoms with Gasteiger partial charge in [-0.3, -0.25) is 9.48 Å². The number of likely N-dealkylation sites (tertiary alicyclic amines) is 1. The molecule has 0 bridgehead atoms. The monoisotopic (exact) mass is 304 g/mol.